The Kier molecular flexibility index (Phi) is 3.94. The number of carbonyl (C=O) groups is 2. The van der Waals surface area contributed by atoms with E-state index >= 15 is 0 Å². The van der Waals surface area contributed by atoms with Crippen molar-refractivity contribution < 1.29 is 14.7 Å². The molecule has 0 atom stereocenters. The first-order valence-corrected chi connectivity index (χ1v) is 7.68. The van der Waals surface area contributed by atoms with Gasteiger partial charge in [0.05, 0.1) is 17.0 Å². The summed E-state index contributed by atoms with van der Waals surface area (Å²) < 4.78 is 1.46. The summed E-state index contributed by atoms with van der Waals surface area (Å²) in [6.45, 7) is 0. The van der Waals surface area contributed by atoms with Crippen LogP contribution < -0.4 is 11.0 Å². The van der Waals surface area contributed by atoms with Crippen LogP contribution >= 0.6 is 0 Å². The number of carboxylic acids is 1. The zero-order valence-corrected chi connectivity index (χ0v) is 12.8. The SMILES string of the molecule is Cn1c(=O)[nH]c2ccc(C(=O)NC3CCC(C(=O)O)CC3)cc21. The number of carbonyl (C=O) groups excluding carboxylic acids is 1. The van der Waals surface area contributed by atoms with Crippen LogP contribution in [0.5, 0.6) is 0 Å². The maximum atomic E-state index is 12.4. The lowest BCUT2D eigenvalue weighted by Crippen LogP contribution is -2.38. The van der Waals surface area contributed by atoms with E-state index in [-0.39, 0.29) is 23.6 Å². The molecule has 2 aromatic rings. The maximum Gasteiger partial charge on any atom is 0.326 e. The van der Waals surface area contributed by atoms with Crippen LogP contribution in [0.1, 0.15) is 36.0 Å². The normalized spacial score (nSPS) is 21.3. The van der Waals surface area contributed by atoms with Crippen molar-refractivity contribution >= 4 is 22.9 Å². The maximum absolute atomic E-state index is 12.4. The van der Waals surface area contributed by atoms with E-state index in [1.807, 2.05) is 0 Å². The van der Waals surface area contributed by atoms with Crippen molar-refractivity contribution in [3.05, 3.63) is 34.2 Å². The lowest BCUT2D eigenvalue weighted by Gasteiger charge is -2.26. The third-order valence-corrected chi connectivity index (χ3v) is 4.58. The van der Waals surface area contributed by atoms with Gasteiger partial charge in [0.25, 0.3) is 5.91 Å². The molecule has 1 saturated carbocycles. The number of aliphatic carboxylic acids is 1. The average Bonchev–Trinajstić information content (AvgIpc) is 2.82. The molecule has 0 spiro atoms. The highest BCUT2D eigenvalue weighted by molar-refractivity contribution is 5.97. The number of fused-ring (bicyclic) bond motifs is 1. The van der Waals surface area contributed by atoms with E-state index in [9.17, 15) is 14.4 Å². The summed E-state index contributed by atoms with van der Waals surface area (Å²) in [6.07, 6.45) is 2.53. The highest BCUT2D eigenvalue weighted by Gasteiger charge is 2.26. The smallest absolute Gasteiger partial charge is 0.326 e. The predicted octanol–water partition coefficient (Wildman–Crippen LogP) is 1.24. The Balaban J connectivity index is 1.70. The zero-order valence-electron chi connectivity index (χ0n) is 12.8. The molecule has 0 saturated heterocycles. The van der Waals surface area contributed by atoms with E-state index < -0.39 is 5.97 Å². The lowest BCUT2D eigenvalue weighted by molar-refractivity contribution is -0.142. The molecule has 122 valence electrons. The van der Waals surface area contributed by atoms with Gasteiger partial charge in [-0.15, -0.1) is 0 Å². The summed E-state index contributed by atoms with van der Waals surface area (Å²) in [5.41, 5.74) is 1.64. The number of aryl methyl sites for hydroxylation is 1. The van der Waals surface area contributed by atoms with Gasteiger partial charge < -0.3 is 15.4 Å². The van der Waals surface area contributed by atoms with Gasteiger partial charge in [-0.1, -0.05) is 0 Å². The summed E-state index contributed by atoms with van der Waals surface area (Å²) in [4.78, 5) is 37.6. The summed E-state index contributed by atoms with van der Waals surface area (Å²) >= 11 is 0. The van der Waals surface area contributed by atoms with Gasteiger partial charge in [0.15, 0.2) is 0 Å². The van der Waals surface area contributed by atoms with Crippen LogP contribution in [0.15, 0.2) is 23.0 Å². The van der Waals surface area contributed by atoms with Crippen LogP contribution in [0, 0.1) is 5.92 Å². The van der Waals surface area contributed by atoms with Crippen LogP contribution in [0.25, 0.3) is 11.0 Å². The van der Waals surface area contributed by atoms with Gasteiger partial charge in [0.2, 0.25) is 0 Å². The molecule has 0 radical (unpaired) electrons. The van der Waals surface area contributed by atoms with Gasteiger partial charge in [-0.2, -0.15) is 0 Å². The number of hydrogen-bond donors (Lipinski definition) is 3. The second kappa shape index (κ2) is 5.91. The molecular weight excluding hydrogens is 298 g/mol. The van der Waals surface area contributed by atoms with E-state index in [0.717, 1.165) is 0 Å². The van der Waals surface area contributed by atoms with Crippen molar-refractivity contribution in [1.29, 1.82) is 0 Å². The molecule has 0 bridgehead atoms. The molecule has 7 heteroatoms. The number of nitrogens with zero attached hydrogens (tertiary/aromatic N) is 1. The number of aromatic nitrogens is 2. The van der Waals surface area contributed by atoms with Gasteiger partial charge in [-0.3, -0.25) is 14.2 Å². The van der Waals surface area contributed by atoms with E-state index in [0.29, 0.717) is 42.3 Å². The standard InChI is InChI=1S/C16H19N3O4/c1-19-13-8-10(4-7-12(13)18-16(19)23)14(20)17-11-5-2-9(3-6-11)15(21)22/h4,7-9,11H,2-3,5-6H2,1H3,(H,17,20)(H,18,23)(H,21,22). The predicted molar refractivity (Wildman–Crippen MR) is 84.4 cm³/mol. The van der Waals surface area contributed by atoms with Gasteiger partial charge in [-0.25, -0.2) is 4.79 Å². The number of nitrogens with one attached hydrogen (secondary N) is 2. The number of benzene rings is 1. The topological polar surface area (TPSA) is 104 Å². The molecule has 23 heavy (non-hydrogen) atoms. The number of aromatic amines is 1. The van der Waals surface area contributed by atoms with Crippen molar-refractivity contribution in [2.24, 2.45) is 13.0 Å². The van der Waals surface area contributed by atoms with E-state index in [2.05, 4.69) is 10.3 Å². The summed E-state index contributed by atoms with van der Waals surface area (Å²) in [6, 6.07) is 5.08. The number of imidazole rings is 1. The number of H-pyrrole nitrogens is 1. The Morgan fingerprint density at radius 1 is 1.26 bits per heavy atom. The molecule has 1 aromatic carbocycles. The Labute approximate surface area is 132 Å². The molecule has 1 heterocycles. The van der Waals surface area contributed by atoms with Gasteiger partial charge in [0.1, 0.15) is 0 Å². The molecule has 1 aliphatic rings. The van der Waals surface area contributed by atoms with Crippen molar-refractivity contribution in [3.8, 4) is 0 Å². The van der Waals surface area contributed by atoms with Crippen LogP contribution in [-0.2, 0) is 11.8 Å². The van der Waals surface area contributed by atoms with E-state index in [1.165, 1.54) is 4.57 Å². The largest absolute Gasteiger partial charge is 0.481 e. The second-order valence-electron chi connectivity index (χ2n) is 6.08. The molecule has 0 unspecified atom stereocenters. The number of amides is 1. The van der Waals surface area contributed by atoms with Crippen molar-refractivity contribution in [1.82, 2.24) is 14.9 Å². The quantitative estimate of drug-likeness (QED) is 0.792. The average molecular weight is 317 g/mol. The highest BCUT2D eigenvalue weighted by Crippen LogP contribution is 2.24. The van der Waals surface area contributed by atoms with Crippen LogP contribution in [0.3, 0.4) is 0 Å². The molecular formula is C16H19N3O4. The number of rotatable bonds is 3. The Morgan fingerprint density at radius 2 is 1.96 bits per heavy atom. The molecule has 1 aromatic heterocycles. The second-order valence-corrected chi connectivity index (χ2v) is 6.08. The van der Waals surface area contributed by atoms with Crippen molar-refractivity contribution in [2.45, 2.75) is 31.7 Å². The number of carboxylic acid groups (broad SMARTS) is 1. The zero-order chi connectivity index (χ0) is 16.6. The Bertz CT molecular complexity index is 812. The molecule has 0 aliphatic heterocycles. The summed E-state index contributed by atoms with van der Waals surface area (Å²) in [7, 11) is 1.65. The molecule has 1 amide bonds. The fourth-order valence-electron chi connectivity index (χ4n) is 3.12. The minimum absolute atomic E-state index is 0.00356. The molecule has 3 N–H and O–H groups in total. The van der Waals surface area contributed by atoms with E-state index in [4.69, 9.17) is 5.11 Å². The van der Waals surface area contributed by atoms with Crippen molar-refractivity contribution in [3.63, 3.8) is 0 Å². The first-order valence-electron chi connectivity index (χ1n) is 7.68. The molecule has 7 nitrogen and oxygen atoms in total. The van der Waals surface area contributed by atoms with Gasteiger partial charge in [0, 0.05) is 18.7 Å². The first-order chi connectivity index (χ1) is 11.0. The fraction of sp³-hybridized carbons (Fsp3) is 0.438. The van der Waals surface area contributed by atoms with Crippen molar-refractivity contribution in [2.75, 3.05) is 0 Å². The van der Waals surface area contributed by atoms with Gasteiger partial charge in [-0.05, 0) is 43.9 Å². The summed E-state index contributed by atoms with van der Waals surface area (Å²) in [5.74, 6) is -1.25. The molecule has 1 fully saturated rings. The summed E-state index contributed by atoms with van der Waals surface area (Å²) in [5, 5.41) is 12.0. The van der Waals surface area contributed by atoms with Gasteiger partial charge >= 0.3 is 11.7 Å². The number of hydrogen-bond acceptors (Lipinski definition) is 3. The minimum Gasteiger partial charge on any atom is -0.481 e. The Morgan fingerprint density at radius 3 is 2.61 bits per heavy atom. The lowest BCUT2D eigenvalue weighted by atomic mass is 9.86. The van der Waals surface area contributed by atoms with Crippen LogP contribution in [0.2, 0.25) is 0 Å². The minimum atomic E-state index is -0.756. The third-order valence-electron chi connectivity index (χ3n) is 4.58. The monoisotopic (exact) mass is 317 g/mol. The van der Waals surface area contributed by atoms with Crippen LogP contribution in [0.4, 0.5) is 0 Å². The third kappa shape index (κ3) is 2.99. The Hall–Kier alpha value is -2.57. The fourth-order valence-corrected chi connectivity index (χ4v) is 3.12. The molecule has 3 rings (SSSR count). The van der Waals surface area contributed by atoms with Crippen LogP contribution in [-0.4, -0.2) is 32.6 Å². The molecule has 1 aliphatic carbocycles. The highest BCUT2D eigenvalue weighted by atomic mass is 16.4. The first kappa shape index (κ1) is 15.3. The van der Waals surface area contributed by atoms with E-state index in [1.54, 1.807) is 25.2 Å².